The van der Waals surface area contributed by atoms with Crippen molar-refractivity contribution in [2.24, 2.45) is 0 Å². The lowest BCUT2D eigenvalue weighted by Gasteiger charge is -2.00. The summed E-state index contributed by atoms with van der Waals surface area (Å²) in [5, 5.41) is 0. The Balaban J connectivity index is 1.80. The highest BCUT2D eigenvalue weighted by molar-refractivity contribution is 5.68. The maximum Gasteiger partial charge on any atom is 0.305 e. The van der Waals surface area contributed by atoms with Gasteiger partial charge in [-0.25, -0.2) is 0 Å². The molecule has 0 saturated carbocycles. The fourth-order valence-electron chi connectivity index (χ4n) is 2.75. The van der Waals surface area contributed by atoms with Gasteiger partial charge >= 0.3 is 5.97 Å². The Bertz CT molecular complexity index is 312. The molecule has 1 heterocycles. The molecule has 0 bridgehead atoms. The van der Waals surface area contributed by atoms with Crippen molar-refractivity contribution in [2.75, 3.05) is 7.11 Å². The molecule has 3 heteroatoms. The Morgan fingerprint density at radius 3 is 2.55 bits per heavy atom. The van der Waals surface area contributed by atoms with E-state index in [-0.39, 0.29) is 5.97 Å². The molecule has 3 nitrogen and oxygen atoms in total. The summed E-state index contributed by atoms with van der Waals surface area (Å²) in [6.07, 6.45) is 19.5. The van der Waals surface area contributed by atoms with Crippen LogP contribution in [0.25, 0.3) is 0 Å². The van der Waals surface area contributed by atoms with Gasteiger partial charge in [-0.2, -0.15) is 0 Å². The second kappa shape index (κ2) is 12.7. The standard InChI is InChI=1S/C19H34O3/c1-3-4-11-14-17-18(22-17)15-12-9-7-5-6-8-10-13-16-19(20)21-2/h9,12,17-18H,3-8,10-11,13-16H2,1-2H3/b12-9+/t17-,18-/m1/s1. The van der Waals surface area contributed by atoms with Gasteiger partial charge < -0.3 is 9.47 Å². The van der Waals surface area contributed by atoms with Crippen molar-refractivity contribution in [3.63, 3.8) is 0 Å². The first-order chi connectivity index (χ1) is 10.8. The van der Waals surface area contributed by atoms with Gasteiger partial charge in [0.25, 0.3) is 0 Å². The Morgan fingerprint density at radius 1 is 1.00 bits per heavy atom. The average molecular weight is 310 g/mol. The SMILES string of the molecule is CCCCC[C@H]1O[C@@H]1C/C=C/CCCCCCCC(=O)OC. The monoisotopic (exact) mass is 310 g/mol. The van der Waals surface area contributed by atoms with Gasteiger partial charge in [-0.15, -0.1) is 0 Å². The van der Waals surface area contributed by atoms with E-state index in [1.807, 2.05) is 0 Å². The number of epoxide rings is 1. The number of carbonyl (C=O) groups is 1. The largest absolute Gasteiger partial charge is 0.469 e. The molecular formula is C19H34O3. The average Bonchev–Trinajstić information content (AvgIpc) is 3.27. The Labute approximate surface area is 136 Å². The van der Waals surface area contributed by atoms with Crippen LogP contribution in [0.2, 0.25) is 0 Å². The Morgan fingerprint density at radius 2 is 1.77 bits per heavy atom. The molecule has 1 rings (SSSR count). The van der Waals surface area contributed by atoms with Gasteiger partial charge in [-0.3, -0.25) is 4.79 Å². The number of methoxy groups -OCH3 is 1. The molecule has 2 atom stereocenters. The van der Waals surface area contributed by atoms with Crippen LogP contribution in [0, 0.1) is 0 Å². The number of allylic oxidation sites excluding steroid dienone is 1. The fraction of sp³-hybridized carbons (Fsp3) is 0.842. The van der Waals surface area contributed by atoms with Crippen molar-refractivity contribution >= 4 is 5.97 Å². The zero-order valence-electron chi connectivity index (χ0n) is 14.5. The van der Waals surface area contributed by atoms with Crippen molar-refractivity contribution in [3.05, 3.63) is 12.2 Å². The van der Waals surface area contributed by atoms with Crippen LogP contribution in [0.4, 0.5) is 0 Å². The van der Waals surface area contributed by atoms with Gasteiger partial charge in [0.1, 0.15) is 0 Å². The van der Waals surface area contributed by atoms with Crippen LogP contribution in [0.1, 0.15) is 84.0 Å². The van der Waals surface area contributed by atoms with Crippen molar-refractivity contribution in [1.82, 2.24) is 0 Å². The van der Waals surface area contributed by atoms with Crippen LogP contribution in [0.3, 0.4) is 0 Å². The van der Waals surface area contributed by atoms with Crippen LogP contribution < -0.4 is 0 Å². The van der Waals surface area contributed by atoms with Crippen LogP contribution in [0.15, 0.2) is 12.2 Å². The second-order valence-electron chi connectivity index (χ2n) is 6.30. The quantitative estimate of drug-likeness (QED) is 0.192. The lowest BCUT2D eigenvalue weighted by atomic mass is 10.1. The molecular weight excluding hydrogens is 276 g/mol. The minimum Gasteiger partial charge on any atom is -0.469 e. The number of hydrogen-bond acceptors (Lipinski definition) is 3. The van der Waals surface area contributed by atoms with E-state index in [1.165, 1.54) is 58.5 Å². The molecule has 0 unspecified atom stereocenters. The first kappa shape index (κ1) is 19.2. The van der Waals surface area contributed by atoms with Crippen LogP contribution in [0.5, 0.6) is 0 Å². The molecule has 0 aromatic heterocycles. The van der Waals surface area contributed by atoms with E-state index in [2.05, 4.69) is 23.8 Å². The van der Waals surface area contributed by atoms with Gasteiger partial charge in [-0.1, -0.05) is 57.6 Å². The molecule has 0 amide bonds. The highest BCUT2D eigenvalue weighted by Crippen LogP contribution is 2.30. The van der Waals surface area contributed by atoms with Crippen LogP contribution >= 0.6 is 0 Å². The summed E-state index contributed by atoms with van der Waals surface area (Å²) < 4.78 is 10.3. The maximum absolute atomic E-state index is 10.9. The van der Waals surface area contributed by atoms with Gasteiger partial charge in [-0.05, 0) is 32.1 Å². The summed E-state index contributed by atoms with van der Waals surface area (Å²) >= 11 is 0. The molecule has 1 saturated heterocycles. The fourth-order valence-corrected chi connectivity index (χ4v) is 2.75. The van der Waals surface area contributed by atoms with E-state index in [4.69, 9.17) is 4.74 Å². The second-order valence-corrected chi connectivity index (χ2v) is 6.30. The molecule has 0 aromatic rings. The van der Waals surface area contributed by atoms with Crippen molar-refractivity contribution in [2.45, 2.75) is 96.2 Å². The number of hydrogen-bond donors (Lipinski definition) is 0. The summed E-state index contributed by atoms with van der Waals surface area (Å²) in [5.74, 6) is -0.0850. The van der Waals surface area contributed by atoms with Crippen LogP contribution in [-0.4, -0.2) is 25.3 Å². The molecule has 1 aliphatic rings. The maximum atomic E-state index is 10.9. The van der Waals surface area contributed by atoms with Crippen LogP contribution in [-0.2, 0) is 14.3 Å². The zero-order valence-corrected chi connectivity index (χ0v) is 14.5. The van der Waals surface area contributed by atoms with Crippen molar-refractivity contribution < 1.29 is 14.3 Å². The van der Waals surface area contributed by atoms with Gasteiger partial charge in [0.2, 0.25) is 0 Å². The number of esters is 1. The topological polar surface area (TPSA) is 38.8 Å². The molecule has 0 N–H and O–H groups in total. The third kappa shape index (κ3) is 9.99. The van der Waals surface area contributed by atoms with E-state index in [0.717, 1.165) is 19.3 Å². The summed E-state index contributed by atoms with van der Waals surface area (Å²) in [6.45, 7) is 2.24. The Kier molecular flexibility index (Phi) is 11.1. The summed E-state index contributed by atoms with van der Waals surface area (Å²) in [6, 6.07) is 0. The predicted molar refractivity (Wildman–Crippen MR) is 90.9 cm³/mol. The highest BCUT2D eigenvalue weighted by atomic mass is 16.6. The minimum absolute atomic E-state index is 0.0850. The first-order valence-corrected chi connectivity index (χ1v) is 9.15. The lowest BCUT2D eigenvalue weighted by molar-refractivity contribution is -0.140. The molecule has 0 radical (unpaired) electrons. The van der Waals surface area contributed by atoms with Gasteiger partial charge in [0.05, 0.1) is 19.3 Å². The van der Waals surface area contributed by atoms with E-state index in [9.17, 15) is 4.79 Å². The molecule has 0 spiro atoms. The molecule has 0 aromatic carbocycles. The van der Waals surface area contributed by atoms with E-state index >= 15 is 0 Å². The third-order valence-electron chi connectivity index (χ3n) is 4.29. The highest BCUT2D eigenvalue weighted by Gasteiger charge is 2.36. The third-order valence-corrected chi connectivity index (χ3v) is 4.29. The van der Waals surface area contributed by atoms with E-state index in [1.54, 1.807) is 0 Å². The van der Waals surface area contributed by atoms with Gasteiger partial charge in [0, 0.05) is 6.42 Å². The summed E-state index contributed by atoms with van der Waals surface area (Å²) in [7, 11) is 1.45. The van der Waals surface area contributed by atoms with Crippen molar-refractivity contribution in [1.29, 1.82) is 0 Å². The Hall–Kier alpha value is -0.830. The molecule has 128 valence electrons. The first-order valence-electron chi connectivity index (χ1n) is 9.15. The number of ether oxygens (including phenoxy) is 2. The van der Waals surface area contributed by atoms with E-state index < -0.39 is 0 Å². The molecule has 22 heavy (non-hydrogen) atoms. The lowest BCUT2D eigenvalue weighted by Crippen LogP contribution is -1.99. The van der Waals surface area contributed by atoms with Crippen molar-refractivity contribution in [3.8, 4) is 0 Å². The summed E-state index contributed by atoms with van der Waals surface area (Å²) in [5.41, 5.74) is 0. The minimum atomic E-state index is -0.0850. The molecule has 0 aliphatic carbocycles. The number of carbonyl (C=O) groups excluding carboxylic acids is 1. The summed E-state index contributed by atoms with van der Waals surface area (Å²) in [4.78, 5) is 10.9. The zero-order chi connectivity index (χ0) is 16.0. The van der Waals surface area contributed by atoms with Gasteiger partial charge in [0.15, 0.2) is 0 Å². The smallest absolute Gasteiger partial charge is 0.305 e. The predicted octanol–water partition coefficient (Wildman–Crippen LogP) is 5.18. The van der Waals surface area contributed by atoms with E-state index in [0.29, 0.717) is 18.6 Å². The number of unbranched alkanes of at least 4 members (excludes halogenated alkanes) is 7. The normalized spacial score (nSPS) is 20.5. The molecule has 1 aliphatic heterocycles. The molecule has 1 fully saturated rings. The number of rotatable bonds is 14.